The van der Waals surface area contributed by atoms with Crippen molar-refractivity contribution in [1.82, 2.24) is 9.78 Å². The number of nitrogens with zero attached hydrogens (tertiary/aromatic N) is 3. The second-order valence-corrected chi connectivity index (χ2v) is 6.12. The van der Waals surface area contributed by atoms with Gasteiger partial charge in [-0.25, -0.2) is 4.99 Å². The maximum absolute atomic E-state index is 5.98. The molecule has 142 valence electrons. The third-order valence-corrected chi connectivity index (χ3v) is 4.43. The molecule has 1 aliphatic rings. The Morgan fingerprint density at radius 3 is 2.65 bits per heavy atom. The quantitative estimate of drug-likeness (QED) is 0.382. The molecule has 0 unspecified atom stereocenters. The largest absolute Gasteiger partial charge is 0.493 e. The molecule has 0 atom stereocenters. The number of benzene rings is 1. The summed E-state index contributed by atoms with van der Waals surface area (Å²) < 4.78 is 12.6. The summed E-state index contributed by atoms with van der Waals surface area (Å²) in [5, 5.41) is 7.67. The zero-order chi connectivity index (χ0) is 17.6. The lowest BCUT2D eigenvalue weighted by Gasteiger charge is -2.11. The maximum atomic E-state index is 5.98. The Morgan fingerprint density at radius 1 is 1.23 bits per heavy atom. The summed E-state index contributed by atoms with van der Waals surface area (Å²) in [6, 6.07) is 8.04. The SMILES string of the molecule is COc1ccc(NC(N)=NCc2ccn(C3CCCC3)n2)cc1OC.I. The van der Waals surface area contributed by atoms with Gasteiger partial charge in [0.1, 0.15) is 0 Å². The molecule has 0 radical (unpaired) electrons. The van der Waals surface area contributed by atoms with E-state index in [2.05, 4.69) is 20.1 Å². The normalized spacial score (nSPS) is 14.8. The number of anilines is 1. The summed E-state index contributed by atoms with van der Waals surface area (Å²) in [4.78, 5) is 4.36. The Labute approximate surface area is 171 Å². The molecule has 0 aliphatic heterocycles. The molecule has 0 bridgehead atoms. The molecule has 1 heterocycles. The van der Waals surface area contributed by atoms with Crippen LogP contribution in [0.3, 0.4) is 0 Å². The summed E-state index contributed by atoms with van der Waals surface area (Å²) in [6.45, 7) is 0.450. The first-order valence-electron chi connectivity index (χ1n) is 8.52. The Balaban J connectivity index is 0.00000243. The van der Waals surface area contributed by atoms with E-state index in [-0.39, 0.29) is 24.0 Å². The molecule has 1 saturated carbocycles. The third kappa shape index (κ3) is 5.03. The van der Waals surface area contributed by atoms with Gasteiger partial charge >= 0.3 is 0 Å². The van der Waals surface area contributed by atoms with Crippen molar-refractivity contribution in [2.45, 2.75) is 38.3 Å². The van der Waals surface area contributed by atoms with Gasteiger partial charge in [-0.1, -0.05) is 12.8 Å². The van der Waals surface area contributed by atoms with Crippen molar-refractivity contribution in [2.75, 3.05) is 19.5 Å². The van der Waals surface area contributed by atoms with Crippen LogP contribution in [0.15, 0.2) is 35.5 Å². The predicted octanol–water partition coefficient (Wildman–Crippen LogP) is 3.56. The van der Waals surface area contributed by atoms with Gasteiger partial charge in [-0.05, 0) is 31.0 Å². The van der Waals surface area contributed by atoms with Crippen molar-refractivity contribution in [3.8, 4) is 11.5 Å². The van der Waals surface area contributed by atoms with Gasteiger partial charge in [0.25, 0.3) is 0 Å². The van der Waals surface area contributed by atoms with Crippen LogP contribution in [-0.2, 0) is 6.54 Å². The molecule has 0 spiro atoms. The molecular formula is C18H26IN5O2. The van der Waals surface area contributed by atoms with Gasteiger partial charge in [0.05, 0.1) is 32.5 Å². The fraction of sp³-hybridized carbons (Fsp3) is 0.444. The van der Waals surface area contributed by atoms with E-state index in [1.54, 1.807) is 14.2 Å². The van der Waals surface area contributed by atoms with Gasteiger partial charge in [0, 0.05) is 18.0 Å². The first-order valence-corrected chi connectivity index (χ1v) is 8.52. The average molecular weight is 471 g/mol. The Morgan fingerprint density at radius 2 is 1.96 bits per heavy atom. The van der Waals surface area contributed by atoms with Crippen LogP contribution in [0.5, 0.6) is 11.5 Å². The van der Waals surface area contributed by atoms with Crippen molar-refractivity contribution in [2.24, 2.45) is 10.7 Å². The van der Waals surface area contributed by atoms with Gasteiger partial charge in [0.2, 0.25) is 0 Å². The van der Waals surface area contributed by atoms with Crippen LogP contribution in [0.2, 0.25) is 0 Å². The Kier molecular flexibility index (Phi) is 7.55. The number of halogens is 1. The second-order valence-electron chi connectivity index (χ2n) is 6.12. The molecule has 7 nitrogen and oxygen atoms in total. The van der Waals surface area contributed by atoms with Crippen LogP contribution in [0.1, 0.15) is 37.4 Å². The Hall–Kier alpha value is -1.97. The maximum Gasteiger partial charge on any atom is 0.193 e. The minimum absolute atomic E-state index is 0. The summed E-state index contributed by atoms with van der Waals surface area (Å²) in [5.41, 5.74) is 7.68. The standard InChI is InChI=1S/C18H25N5O2.HI/c1-24-16-8-7-13(11-17(16)25-2)21-18(19)20-12-14-9-10-23(22-14)15-5-3-4-6-15;/h7-11,15H,3-6,12H2,1-2H3,(H3,19,20,21);1H. The first-order chi connectivity index (χ1) is 12.2. The highest BCUT2D eigenvalue weighted by Crippen LogP contribution is 2.30. The number of guanidine groups is 1. The van der Waals surface area contributed by atoms with Crippen LogP contribution >= 0.6 is 24.0 Å². The highest BCUT2D eigenvalue weighted by atomic mass is 127. The number of nitrogens with one attached hydrogen (secondary N) is 1. The average Bonchev–Trinajstić information content (AvgIpc) is 3.31. The van der Waals surface area contributed by atoms with Crippen molar-refractivity contribution in [3.63, 3.8) is 0 Å². The summed E-state index contributed by atoms with van der Waals surface area (Å²) in [6.07, 6.45) is 7.06. The third-order valence-electron chi connectivity index (χ3n) is 4.43. The molecule has 1 fully saturated rings. The van der Waals surface area contributed by atoms with Crippen LogP contribution in [0.4, 0.5) is 5.69 Å². The predicted molar refractivity (Wildman–Crippen MR) is 114 cm³/mol. The zero-order valence-electron chi connectivity index (χ0n) is 15.1. The van der Waals surface area contributed by atoms with E-state index in [0.29, 0.717) is 30.0 Å². The van der Waals surface area contributed by atoms with E-state index in [1.165, 1.54) is 25.7 Å². The number of nitrogens with two attached hydrogens (primary N) is 1. The second kappa shape index (κ2) is 9.65. The van der Waals surface area contributed by atoms with E-state index in [0.717, 1.165) is 11.4 Å². The molecule has 1 aromatic heterocycles. The molecule has 0 saturated heterocycles. The molecule has 26 heavy (non-hydrogen) atoms. The zero-order valence-corrected chi connectivity index (χ0v) is 17.5. The first kappa shape index (κ1) is 20.3. The number of methoxy groups -OCH3 is 2. The number of hydrogen-bond donors (Lipinski definition) is 2. The molecule has 1 aliphatic carbocycles. The van der Waals surface area contributed by atoms with Crippen LogP contribution in [-0.4, -0.2) is 30.0 Å². The lowest BCUT2D eigenvalue weighted by molar-refractivity contribution is 0.355. The van der Waals surface area contributed by atoms with E-state index in [4.69, 9.17) is 15.2 Å². The van der Waals surface area contributed by atoms with Crippen LogP contribution in [0, 0.1) is 0 Å². The fourth-order valence-electron chi connectivity index (χ4n) is 3.10. The van der Waals surface area contributed by atoms with Gasteiger partial charge in [0.15, 0.2) is 17.5 Å². The van der Waals surface area contributed by atoms with Crippen molar-refractivity contribution >= 4 is 35.6 Å². The summed E-state index contributed by atoms with van der Waals surface area (Å²) >= 11 is 0. The molecule has 2 aromatic rings. The minimum Gasteiger partial charge on any atom is -0.493 e. The van der Waals surface area contributed by atoms with Gasteiger partial charge < -0.3 is 20.5 Å². The lowest BCUT2D eigenvalue weighted by Crippen LogP contribution is -2.22. The van der Waals surface area contributed by atoms with Crippen LogP contribution in [0.25, 0.3) is 0 Å². The van der Waals surface area contributed by atoms with Gasteiger partial charge in [-0.15, -0.1) is 24.0 Å². The van der Waals surface area contributed by atoms with Crippen molar-refractivity contribution in [1.29, 1.82) is 0 Å². The molecule has 1 aromatic carbocycles. The molecular weight excluding hydrogens is 445 g/mol. The smallest absolute Gasteiger partial charge is 0.193 e. The van der Waals surface area contributed by atoms with E-state index in [1.807, 2.05) is 30.5 Å². The Bertz CT molecular complexity index is 741. The highest BCUT2D eigenvalue weighted by Gasteiger charge is 2.17. The van der Waals surface area contributed by atoms with E-state index < -0.39 is 0 Å². The van der Waals surface area contributed by atoms with Crippen molar-refractivity contribution in [3.05, 3.63) is 36.2 Å². The highest BCUT2D eigenvalue weighted by molar-refractivity contribution is 14.0. The monoisotopic (exact) mass is 471 g/mol. The lowest BCUT2D eigenvalue weighted by atomic mass is 10.3. The number of aromatic nitrogens is 2. The molecule has 8 heteroatoms. The van der Waals surface area contributed by atoms with Gasteiger partial charge in [-0.2, -0.15) is 5.10 Å². The molecule has 3 N–H and O–H groups in total. The van der Waals surface area contributed by atoms with E-state index in [9.17, 15) is 0 Å². The minimum atomic E-state index is 0. The summed E-state index contributed by atoms with van der Waals surface area (Å²) in [7, 11) is 3.20. The van der Waals surface area contributed by atoms with E-state index >= 15 is 0 Å². The molecule has 3 rings (SSSR count). The topological polar surface area (TPSA) is 86.7 Å². The number of hydrogen-bond acceptors (Lipinski definition) is 4. The number of ether oxygens (including phenoxy) is 2. The van der Waals surface area contributed by atoms with Crippen molar-refractivity contribution < 1.29 is 9.47 Å². The number of rotatable bonds is 6. The van der Waals surface area contributed by atoms with Crippen LogP contribution < -0.4 is 20.5 Å². The fourth-order valence-corrected chi connectivity index (χ4v) is 3.10. The summed E-state index contributed by atoms with van der Waals surface area (Å²) in [5.74, 6) is 1.64. The molecule has 0 amide bonds. The van der Waals surface area contributed by atoms with Gasteiger partial charge in [-0.3, -0.25) is 4.68 Å². The number of aliphatic imine (C=N–C) groups is 1.